The summed E-state index contributed by atoms with van der Waals surface area (Å²) in [7, 11) is 6.97. The Morgan fingerprint density at radius 1 is 1.07 bits per heavy atom. The van der Waals surface area contributed by atoms with Gasteiger partial charge in [0.25, 0.3) is 5.91 Å². The zero-order chi connectivity index (χ0) is 30.1. The first kappa shape index (κ1) is 28.3. The van der Waals surface area contributed by atoms with Crippen molar-refractivity contribution in [1.29, 1.82) is 0 Å². The van der Waals surface area contributed by atoms with E-state index < -0.39 is 58.0 Å². The molecule has 0 spiro atoms. The molecule has 11 nitrogen and oxygen atoms in total. The van der Waals surface area contributed by atoms with Gasteiger partial charge in [0.05, 0.1) is 11.6 Å². The van der Waals surface area contributed by atoms with Crippen molar-refractivity contribution in [3.8, 4) is 16.9 Å². The molecule has 216 valence electrons. The van der Waals surface area contributed by atoms with Crippen molar-refractivity contribution in [2.24, 2.45) is 23.3 Å². The molecule has 0 aliphatic heterocycles. The molecular formula is C30H34N4O7. The lowest BCUT2D eigenvalue weighted by Crippen LogP contribution is -2.65. The Labute approximate surface area is 237 Å². The number of nitrogens with two attached hydrogens (primary N) is 2. The Balaban J connectivity index is 1.75. The van der Waals surface area contributed by atoms with Crippen molar-refractivity contribution >= 4 is 28.9 Å². The monoisotopic (exact) mass is 562 g/mol. The number of rotatable bonds is 5. The molecule has 0 bridgehead atoms. The Kier molecular flexibility index (Phi) is 6.72. The van der Waals surface area contributed by atoms with Crippen LogP contribution in [0, 0.1) is 11.8 Å². The lowest BCUT2D eigenvalue weighted by molar-refractivity contribution is -0.153. The highest BCUT2D eigenvalue weighted by Gasteiger charge is 2.64. The average Bonchev–Trinajstić information content (AvgIpc) is 2.90. The van der Waals surface area contributed by atoms with Crippen LogP contribution < -0.4 is 16.4 Å². The number of anilines is 1. The van der Waals surface area contributed by atoms with Crippen molar-refractivity contribution in [2.75, 3.05) is 33.1 Å². The van der Waals surface area contributed by atoms with Crippen LogP contribution in [-0.4, -0.2) is 82.6 Å². The molecule has 11 heteroatoms. The molecule has 4 atom stereocenters. The second-order valence-electron chi connectivity index (χ2n) is 11.4. The molecule has 0 heterocycles. The zero-order valence-corrected chi connectivity index (χ0v) is 23.3. The summed E-state index contributed by atoms with van der Waals surface area (Å²) in [6.07, 6.45) is 0.210. The third kappa shape index (κ3) is 3.95. The number of likely N-dealkylation sites (N-methyl/N-ethyl adjacent to an activating group) is 1. The van der Waals surface area contributed by atoms with Gasteiger partial charge in [0.2, 0.25) is 5.78 Å². The van der Waals surface area contributed by atoms with Gasteiger partial charge in [0, 0.05) is 43.4 Å². The molecule has 8 N–H and O–H groups in total. The molecule has 41 heavy (non-hydrogen) atoms. The second kappa shape index (κ2) is 9.72. The van der Waals surface area contributed by atoms with Gasteiger partial charge < -0.3 is 36.8 Å². The summed E-state index contributed by atoms with van der Waals surface area (Å²) in [6, 6.07) is 8.33. The van der Waals surface area contributed by atoms with Gasteiger partial charge in [-0.15, -0.1) is 0 Å². The fourth-order valence-corrected chi connectivity index (χ4v) is 6.72. The number of phenolic OH excluding ortho intramolecular Hbond substituents is 1. The van der Waals surface area contributed by atoms with Gasteiger partial charge in [-0.25, -0.2) is 0 Å². The molecule has 5 rings (SSSR count). The third-order valence-corrected chi connectivity index (χ3v) is 8.71. The van der Waals surface area contributed by atoms with Gasteiger partial charge in [-0.2, -0.15) is 0 Å². The van der Waals surface area contributed by atoms with Gasteiger partial charge in [-0.3, -0.25) is 19.3 Å². The van der Waals surface area contributed by atoms with Gasteiger partial charge in [0.15, 0.2) is 11.4 Å². The lowest BCUT2D eigenvalue weighted by atomic mass is 9.57. The number of carbonyl (C=O) groups is 3. The van der Waals surface area contributed by atoms with E-state index in [-0.39, 0.29) is 36.3 Å². The summed E-state index contributed by atoms with van der Waals surface area (Å²) in [5, 5.41) is 45.5. The van der Waals surface area contributed by atoms with Crippen LogP contribution in [0.25, 0.3) is 16.9 Å². The summed E-state index contributed by atoms with van der Waals surface area (Å²) in [5.41, 5.74) is 11.0. The number of fused-ring (bicyclic) bond motifs is 3. The Hall–Kier alpha value is -4.19. The van der Waals surface area contributed by atoms with E-state index in [1.54, 1.807) is 20.2 Å². The van der Waals surface area contributed by atoms with Gasteiger partial charge >= 0.3 is 0 Å². The van der Waals surface area contributed by atoms with Crippen LogP contribution in [0.3, 0.4) is 0 Å². The van der Waals surface area contributed by atoms with Crippen molar-refractivity contribution in [3.63, 3.8) is 0 Å². The predicted octanol–water partition coefficient (Wildman–Crippen LogP) is 1.16. The van der Waals surface area contributed by atoms with E-state index >= 15 is 0 Å². The summed E-state index contributed by atoms with van der Waals surface area (Å²) in [4.78, 5) is 42.9. The number of primary amides is 1. The quantitative estimate of drug-likeness (QED) is 0.288. The number of hydrogen-bond acceptors (Lipinski definition) is 10. The minimum Gasteiger partial charge on any atom is -0.508 e. The van der Waals surface area contributed by atoms with Gasteiger partial charge in [0.1, 0.15) is 22.8 Å². The molecule has 2 aromatic rings. The number of aromatic hydroxyl groups is 1. The van der Waals surface area contributed by atoms with Crippen molar-refractivity contribution < 1.29 is 34.8 Å². The third-order valence-electron chi connectivity index (χ3n) is 8.71. The Morgan fingerprint density at radius 3 is 2.24 bits per heavy atom. The van der Waals surface area contributed by atoms with Crippen molar-refractivity contribution in [1.82, 2.24) is 4.90 Å². The highest BCUT2D eigenvalue weighted by atomic mass is 16.3. The predicted molar refractivity (Wildman–Crippen MR) is 152 cm³/mol. The average molecular weight is 563 g/mol. The Bertz CT molecular complexity index is 1560. The highest BCUT2D eigenvalue weighted by Crippen LogP contribution is 2.54. The maximum absolute atomic E-state index is 14.1. The van der Waals surface area contributed by atoms with Gasteiger partial charge in [-0.1, -0.05) is 12.1 Å². The van der Waals surface area contributed by atoms with Crippen LogP contribution in [0.1, 0.15) is 23.1 Å². The van der Waals surface area contributed by atoms with Crippen LogP contribution in [0.15, 0.2) is 47.2 Å². The van der Waals surface area contributed by atoms with E-state index in [1.807, 2.05) is 43.3 Å². The first-order valence-corrected chi connectivity index (χ1v) is 13.3. The lowest BCUT2D eigenvalue weighted by Gasteiger charge is -2.50. The van der Waals surface area contributed by atoms with Gasteiger partial charge in [-0.05, 0) is 67.7 Å². The summed E-state index contributed by atoms with van der Waals surface area (Å²) in [5.74, 6) is -6.86. The highest BCUT2D eigenvalue weighted by molar-refractivity contribution is 6.24. The number of benzene rings is 2. The van der Waals surface area contributed by atoms with E-state index in [4.69, 9.17) is 11.5 Å². The summed E-state index contributed by atoms with van der Waals surface area (Å²) < 4.78 is 0. The minimum atomic E-state index is -2.68. The number of carbonyl (C=O) groups excluding carboxylic acids is 3. The first-order chi connectivity index (χ1) is 19.2. The zero-order valence-electron chi connectivity index (χ0n) is 23.3. The molecule has 1 amide bonds. The molecule has 3 aliphatic rings. The fourth-order valence-electron chi connectivity index (χ4n) is 6.72. The molecule has 0 aromatic heterocycles. The first-order valence-electron chi connectivity index (χ1n) is 13.3. The fraction of sp³-hybridized carbons (Fsp3) is 0.367. The minimum absolute atomic E-state index is 0.0180. The Morgan fingerprint density at radius 2 is 1.71 bits per heavy atom. The molecule has 1 saturated carbocycles. The number of hydrogen-bond donors (Lipinski definition) is 6. The van der Waals surface area contributed by atoms with E-state index in [9.17, 15) is 34.8 Å². The largest absolute Gasteiger partial charge is 0.508 e. The molecule has 0 saturated heterocycles. The van der Waals surface area contributed by atoms with E-state index in [1.165, 1.54) is 4.90 Å². The number of ketones is 2. The molecular weight excluding hydrogens is 528 g/mol. The normalized spacial score (nSPS) is 25.7. The summed E-state index contributed by atoms with van der Waals surface area (Å²) >= 11 is 0. The van der Waals surface area contributed by atoms with Crippen LogP contribution in [0.4, 0.5) is 5.69 Å². The number of phenols is 1. The number of amides is 1. The van der Waals surface area contributed by atoms with Crippen LogP contribution >= 0.6 is 0 Å². The topological polar surface area (TPSA) is 191 Å². The van der Waals surface area contributed by atoms with Crippen LogP contribution in [-0.2, 0) is 27.3 Å². The van der Waals surface area contributed by atoms with Crippen LogP contribution in [0.5, 0.6) is 5.75 Å². The molecule has 1 unspecified atom stereocenters. The second-order valence-corrected chi connectivity index (χ2v) is 11.4. The smallest absolute Gasteiger partial charge is 0.255 e. The maximum atomic E-state index is 14.1. The van der Waals surface area contributed by atoms with E-state index in [0.29, 0.717) is 16.7 Å². The van der Waals surface area contributed by atoms with Crippen molar-refractivity contribution in [3.05, 3.63) is 63.9 Å². The number of Topliss-reactive ketones (excluding diaryl/α,β-unsaturated/α-hetero) is 2. The number of aliphatic hydroxyl groups excluding tert-OH is 2. The molecule has 0 radical (unpaired) electrons. The van der Waals surface area contributed by atoms with Crippen molar-refractivity contribution in [2.45, 2.75) is 31.0 Å². The number of nitrogens with zero attached hydrogens (tertiary/aromatic N) is 2. The van der Waals surface area contributed by atoms with Crippen LogP contribution in [0.2, 0.25) is 0 Å². The summed E-state index contributed by atoms with van der Waals surface area (Å²) in [6.45, 7) is -0.0496. The van der Waals surface area contributed by atoms with E-state index in [2.05, 4.69) is 0 Å². The molecule has 1 fully saturated rings. The molecule has 2 aromatic carbocycles. The number of aliphatic hydroxyl groups is 3. The van der Waals surface area contributed by atoms with E-state index in [0.717, 1.165) is 11.3 Å². The standard InChI is InChI=1S/C30H34N4O7/c1-33(2)16-7-5-13(6-8-16)17-10-15(12-31)24(35)21-18(17)9-14-11-19-23(34(3)4)26(37)22(29(32)40)28(39)30(19,41)27(38)20(14)25(21)36/h5-8,10,14,19,23,35-36,39,41H,9,11-12,31H2,1-4H3,(H2,32,40)/t14-,19-,23?,30-/m1/s1. The SMILES string of the molecule is CN(C)c1ccc(-c2cc(CN)c(O)c3c2C[C@@H]2C[C@@H]4C(N(C)C)C(=O)C(C(N)=O)=C(O)[C@]4(O)C(=O)C2=C3O)cc1. The molecule has 3 aliphatic carbocycles. The maximum Gasteiger partial charge on any atom is 0.255 e.